The fourth-order valence-corrected chi connectivity index (χ4v) is 5.65. The van der Waals surface area contributed by atoms with Crippen molar-refractivity contribution in [3.8, 4) is 0 Å². The largest absolute Gasteiger partial charge is 0.387 e. The van der Waals surface area contributed by atoms with Crippen LogP contribution in [0, 0.1) is 6.92 Å². The summed E-state index contributed by atoms with van der Waals surface area (Å²) >= 11 is 0. The van der Waals surface area contributed by atoms with Gasteiger partial charge in [-0.2, -0.15) is 0 Å². The van der Waals surface area contributed by atoms with E-state index in [0.29, 0.717) is 32.1 Å². The molecule has 0 spiro atoms. The number of benzene rings is 1. The highest BCUT2D eigenvalue weighted by Gasteiger charge is 2.35. The second-order valence-corrected chi connectivity index (χ2v) is 10.2. The Balaban J connectivity index is 1.27. The maximum atomic E-state index is 13.8. The van der Waals surface area contributed by atoms with E-state index in [1.807, 2.05) is 4.90 Å². The van der Waals surface area contributed by atoms with Crippen LogP contribution in [-0.4, -0.2) is 77.9 Å². The van der Waals surface area contributed by atoms with E-state index in [0.717, 1.165) is 61.8 Å². The minimum Gasteiger partial charge on any atom is -0.387 e. The number of carbonyl (C=O) groups excluding carboxylic acids is 1. The first-order valence-electron chi connectivity index (χ1n) is 13.0. The molecule has 0 saturated carbocycles. The van der Waals surface area contributed by atoms with Gasteiger partial charge in [0.1, 0.15) is 12.1 Å². The number of nitrogens with zero attached hydrogens (tertiary/aromatic N) is 4. The number of amides is 1. The topological polar surface area (TPSA) is 90.8 Å². The lowest BCUT2D eigenvalue weighted by Crippen LogP contribution is -2.51. The highest BCUT2D eigenvalue weighted by atomic mass is 16.5. The zero-order chi connectivity index (χ0) is 24.4. The van der Waals surface area contributed by atoms with Crippen LogP contribution < -0.4 is 10.2 Å². The number of aliphatic hydroxyl groups excluding tert-OH is 1. The fraction of sp³-hybridized carbons (Fsp3) is 0.593. The number of anilines is 1. The number of aryl methyl sites for hydroxylation is 1. The van der Waals surface area contributed by atoms with E-state index >= 15 is 0 Å². The molecule has 35 heavy (non-hydrogen) atoms. The lowest BCUT2D eigenvalue weighted by atomic mass is 9.95. The summed E-state index contributed by atoms with van der Waals surface area (Å²) in [6.45, 7) is 9.18. The Hall–Kier alpha value is -2.55. The van der Waals surface area contributed by atoms with Crippen LogP contribution in [-0.2, 0) is 9.53 Å². The maximum Gasteiger partial charge on any atom is 0.231 e. The molecule has 2 N–H and O–H groups in total. The predicted octanol–water partition coefficient (Wildman–Crippen LogP) is 2.53. The number of hydrogen-bond acceptors (Lipinski definition) is 7. The second-order valence-electron chi connectivity index (χ2n) is 10.2. The third-order valence-corrected chi connectivity index (χ3v) is 7.78. The number of nitrogens with one attached hydrogen (secondary N) is 1. The summed E-state index contributed by atoms with van der Waals surface area (Å²) in [5, 5.41) is 14.0. The van der Waals surface area contributed by atoms with Crippen molar-refractivity contribution >= 4 is 11.7 Å². The molecule has 3 aliphatic rings. The standard InChI is InChI=1S/C27H37N5O3/c1-18-3-5-20(6-4-18)22(16-28-21-7-13-35-14-8-21)27(34)32-11-9-31(10-12-32)26-24-19(2)15-23(33)25(24)29-17-30-26/h3-6,17,19,21-23,28,33H,7-16H2,1-2H3/t19-,22-,23-/m1/s1. The van der Waals surface area contributed by atoms with E-state index in [4.69, 9.17) is 4.74 Å². The Morgan fingerprint density at radius 2 is 1.86 bits per heavy atom. The number of fused-ring (bicyclic) bond motifs is 1. The normalized spacial score (nSPS) is 23.9. The maximum absolute atomic E-state index is 13.8. The molecule has 2 aliphatic heterocycles. The van der Waals surface area contributed by atoms with Gasteiger partial charge in [0.05, 0.1) is 17.7 Å². The first kappa shape index (κ1) is 24.2. The SMILES string of the molecule is Cc1ccc([C@@H](CNC2CCOCC2)C(=O)N2CCN(c3ncnc4c3[C@H](C)C[C@H]4O)CC2)cc1. The van der Waals surface area contributed by atoms with Crippen LogP contribution in [0.1, 0.15) is 66.5 Å². The summed E-state index contributed by atoms with van der Waals surface area (Å²) in [7, 11) is 0. The molecular weight excluding hydrogens is 442 g/mol. The van der Waals surface area contributed by atoms with Gasteiger partial charge in [-0.15, -0.1) is 0 Å². The average molecular weight is 480 g/mol. The Morgan fingerprint density at radius 1 is 1.14 bits per heavy atom. The molecule has 2 fully saturated rings. The van der Waals surface area contributed by atoms with Gasteiger partial charge >= 0.3 is 0 Å². The van der Waals surface area contributed by atoms with Crippen LogP contribution in [0.25, 0.3) is 0 Å². The van der Waals surface area contributed by atoms with Crippen molar-refractivity contribution in [1.82, 2.24) is 20.2 Å². The highest BCUT2D eigenvalue weighted by Crippen LogP contribution is 2.42. The van der Waals surface area contributed by atoms with Gasteiger partial charge < -0.3 is 25.0 Å². The molecule has 2 aromatic rings. The van der Waals surface area contributed by atoms with Crippen molar-refractivity contribution < 1.29 is 14.6 Å². The first-order valence-corrected chi connectivity index (χ1v) is 13.0. The fourth-order valence-electron chi connectivity index (χ4n) is 5.65. The van der Waals surface area contributed by atoms with E-state index in [-0.39, 0.29) is 17.7 Å². The van der Waals surface area contributed by atoms with Crippen molar-refractivity contribution in [2.75, 3.05) is 50.8 Å². The van der Waals surface area contributed by atoms with E-state index in [9.17, 15) is 9.90 Å². The van der Waals surface area contributed by atoms with Gasteiger partial charge in [-0.1, -0.05) is 36.8 Å². The third kappa shape index (κ3) is 5.20. The molecule has 1 aliphatic carbocycles. The van der Waals surface area contributed by atoms with Crippen LogP contribution in [0.2, 0.25) is 0 Å². The Morgan fingerprint density at radius 3 is 2.57 bits per heavy atom. The van der Waals surface area contributed by atoms with Crippen molar-refractivity contribution in [3.05, 3.63) is 53.0 Å². The van der Waals surface area contributed by atoms with Gasteiger partial charge in [0, 0.05) is 57.5 Å². The van der Waals surface area contributed by atoms with Gasteiger partial charge in [-0.05, 0) is 37.7 Å². The predicted molar refractivity (Wildman–Crippen MR) is 135 cm³/mol. The van der Waals surface area contributed by atoms with Crippen LogP contribution in [0.5, 0.6) is 0 Å². The van der Waals surface area contributed by atoms with E-state index in [2.05, 4.69) is 58.3 Å². The second kappa shape index (κ2) is 10.6. The molecule has 0 radical (unpaired) electrons. The van der Waals surface area contributed by atoms with Gasteiger partial charge in [0.25, 0.3) is 0 Å². The van der Waals surface area contributed by atoms with E-state index in [1.165, 1.54) is 5.56 Å². The molecule has 3 heterocycles. The third-order valence-electron chi connectivity index (χ3n) is 7.78. The molecule has 0 bridgehead atoms. The number of rotatable bonds is 6. The molecule has 1 aromatic heterocycles. The molecule has 3 atom stereocenters. The van der Waals surface area contributed by atoms with Gasteiger partial charge in [0.15, 0.2) is 0 Å². The zero-order valence-electron chi connectivity index (χ0n) is 20.8. The lowest BCUT2D eigenvalue weighted by molar-refractivity contribution is -0.133. The smallest absolute Gasteiger partial charge is 0.231 e. The summed E-state index contributed by atoms with van der Waals surface area (Å²) in [6, 6.07) is 8.77. The van der Waals surface area contributed by atoms with Crippen molar-refractivity contribution in [3.63, 3.8) is 0 Å². The molecule has 0 unspecified atom stereocenters. The quantitative estimate of drug-likeness (QED) is 0.658. The monoisotopic (exact) mass is 479 g/mol. The zero-order valence-corrected chi connectivity index (χ0v) is 20.8. The number of aromatic nitrogens is 2. The van der Waals surface area contributed by atoms with Gasteiger partial charge in [0.2, 0.25) is 5.91 Å². The number of ether oxygens (including phenoxy) is 1. The Kier molecular flexibility index (Phi) is 7.32. The molecule has 8 heteroatoms. The summed E-state index contributed by atoms with van der Waals surface area (Å²) in [5.74, 6) is 1.13. The molecule has 1 amide bonds. The molecular formula is C27H37N5O3. The molecule has 1 aromatic carbocycles. The minimum atomic E-state index is -0.511. The van der Waals surface area contributed by atoms with Crippen molar-refractivity contribution in [2.24, 2.45) is 0 Å². The summed E-state index contributed by atoms with van der Waals surface area (Å²) in [6.07, 6.45) is 3.72. The molecule has 5 rings (SSSR count). The molecule has 2 saturated heterocycles. The lowest BCUT2D eigenvalue weighted by Gasteiger charge is -2.38. The van der Waals surface area contributed by atoms with Gasteiger partial charge in [-0.25, -0.2) is 9.97 Å². The summed E-state index contributed by atoms with van der Waals surface area (Å²) in [4.78, 5) is 26.9. The van der Waals surface area contributed by atoms with Crippen molar-refractivity contribution in [1.29, 1.82) is 0 Å². The van der Waals surface area contributed by atoms with E-state index in [1.54, 1.807) is 6.33 Å². The van der Waals surface area contributed by atoms with Crippen LogP contribution in [0.3, 0.4) is 0 Å². The van der Waals surface area contributed by atoms with Crippen molar-refractivity contribution in [2.45, 2.75) is 57.1 Å². The Bertz CT molecular complexity index is 1020. The molecule has 188 valence electrons. The number of carbonyl (C=O) groups is 1. The first-order chi connectivity index (χ1) is 17.0. The number of hydrogen-bond donors (Lipinski definition) is 2. The van der Waals surface area contributed by atoms with Crippen LogP contribution in [0.4, 0.5) is 5.82 Å². The minimum absolute atomic E-state index is 0.185. The number of piperazine rings is 1. The van der Waals surface area contributed by atoms with Gasteiger partial charge in [-0.3, -0.25) is 4.79 Å². The Labute approximate surface area is 207 Å². The number of aliphatic hydroxyl groups is 1. The molecule has 8 nitrogen and oxygen atoms in total. The van der Waals surface area contributed by atoms with E-state index < -0.39 is 6.10 Å². The average Bonchev–Trinajstić information content (AvgIpc) is 3.19. The summed E-state index contributed by atoms with van der Waals surface area (Å²) in [5.41, 5.74) is 4.10. The van der Waals surface area contributed by atoms with Crippen LogP contribution in [0.15, 0.2) is 30.6 Å². The van der Waals surface area contributed by atoms with Crippen LogP contribution >= 0.6 is 0 Å². The highest BCUT2D eigenvalue weighted by molar-refractivity contribution is 5.84. The summed E-state index contributed by atoms with van der Waals surface area (Å²) < 4.78 is 5.49.